The van der Waals surface area contributed by atoms with Crippen molar-refractivity contribution in [3.8, 4) is 34.3 Å². The summed E-state index contributed by atoms with van der Waals surface area (Å²) in [4.78, 5) is 24.1. The van der Waals surface area contributed by atoms with Crippen LogP contribution in [0.1, 0.15) is 0 Å². The van der Waals surface area contributed by atoms with Gasteiger partial charge in [-0.05, 0) is 12.1 Å². The van der Waals surface area contributed by atoms with Gasteiger partial charge in [0, 0.05) is 12.1 Å². The molecule has 1 fully saturated rings. The van der Waals surface area contributed by atoms with E-state index in [9.17, 15) is 40.2 Å². The predicted molar refractivity (Wildman–Crippen MR) is 113 cm³/mol. The molecule has 0 saturated carbocycles. The van der Waals surface area contributed by atoms with Gasteiger partial charge < -0.3 is 49.3 Å². The number of phenolic OH excluding ortho intramolecular Hbond substituents is 2. The molecule has 34 heavy (non-hydrogen) atoms. The minimum Gasteiger partial charge on any atom is -0.507 e. The summed E-state index contributed by atoms with van der Waals surface area (Å²) in [5.41, 5.74) is -0.660. The third-order valence-electron chi connectivity index (χ3n) is 5.34. The van der Waals surface area contributed by atoms with Crippen LogP contribution in [0.5, 0.6) is 23.0 Å². The molecule has 6 N–H and O–H groups in total. The summed E-state index contributed by atoms with van der Waals surface area (Å²) in [6.45, 7) is 0. The van der Waals surface area contributed by atoms with Crippen molar-refractivity contribution in [2.75, 3.05) is 7.11 Å². The molecule has 0 spiro atoms. The van der Waals surface area contributed by atoms with E-state index in [1.165, 1.54) is 12.1 Å². The van der Waals surface area contributed by atoms with E-state index < -0.39 is 47.9 Å². The lowest BCUT2D eigenvalue weighted by atomic mass is 9.99. The van der Waals surface area contributed by atoms with Gasteiger partial charge in [-0.15, -0.1) is 0 Å². The molecule has 2 heterocycles. The Balaban J connectivity index is 1.82. The number of carboxylic acids is 1. The van der Waals surface area contributed by atoms with E-state index in [0.29, 0.717) is 0 Å². The number of hydrogen-bond donors (Lipinski definition) is 6. The Kier molecular flexibility index (Phi) is 6.06. The number of methoxy groups -OCH3 is 1. The monoisotopic (exact) mass is 476 g/mol. The molecular formula is C22H20O12. The summed E-state index contributed by atoms with van der Waals surface area (Å²) in [6, 6.07) is 8.28. The Morgan fingerprint density at radius 1 is 1.03 bits per heavy atom. The van der Waals surface area contributed by atoms with Crippen molar-refractivity contribution in [3.63, 3.8) is 0 Å². The number of aliphatic hydroxyl groups is 3. The number of rotatable bonds is 5. The van der Waals surface area contributed by atoms with Crippen LogP contribution in [0.3, 0.4) is 0 Å². The normalized spacial score (nSPS) is 24.6. The summed E-state index contributed by atoms with van der Waals surface area (Å²) in [5.74, 6) is -3.16. The van der Waals surface area contributed by atoms with Gasteiger partial charge in [-0.3, -0.25) is 4.79 Å². The maximum Gasteiger partial charge on any atom is 0.335 e. The van der Waals surface area contributed by atoms with Crippen molar-refractivity contribution in [3.05, 3.63) is 46.6 Å². The second-order valence-corrected chi connectivity index (χ2v) is 7.47. The molecule has 180 valence electrons. The molecule has 2 aromatic carbocycles. The van der Waals surface area contributed by atoms with Crippen LogP contribution in [0, 0.1) is 0 Å². The van der Waals surface area contributed by atoms with Gasteiger partial charge in [0.2, 0.25) is 12.0 Å². The summed E-state index contributed by atoms with van der Waals surface area (Å²) >= 11 is 0. The minimum absolute atomic E-state index is 0.0236. The van der Waals surface area contributed by atoms with E-state index in [0.717, 1.165) is 19.2 Å². The van der Waals surface area contributed by atoms with Crippen molar-refractivity contribution in [2.24, 2.45) is 0 Å². The molecule has 0 unspecified atom stereocenters. The first kappa shape index (κ1) is 23.3. The lowest BCUT2D eigenvalue weighted by molar-refractivity contribution is -0.271. The molecule has 0 aliphatic carbocycles. The number of phenols is 2. The number of ether oxygens (including phenoxy) is 3. The zero-order valence-electron chi connectivity index (χ0n) is 17.5. The number of hydrogen-bond acceptors (Lipinski definition) is 11. The van der Waals surface area contributed by atoms with E-state index in [4.69, 9.17) is 18.6 Å². The highest BCUT2D eigenvalue weighted by Gasteiger charge is 2.48. The molecule has 1 saturated heterocycles. The smallest absolute Gasteiger partial charge is 0.335 e. The number of aromatic hydroxyl groups is 2. The number of carboxylic acid groups (broad SMARTS) is 1. The standard InChI is InChI=1S/C22H20O12/c1-31-19-13(33-22-18(28)16(26)17(27)20(34-22)21(29)30)7-12-14(15(19)25)10(24)6-11(32-12)8-4-2-3-5-9(8)23/h2-7,16-18,20,22-23,25-28H,1H3,(H,29,30)/t16-,17-,18+,20-,22-/m0/s1. The van der Waals surface area contributed by atoms with Crippen molar-refractivity contribution >= 4 is 16.9 Å². The Hall–Kier alpha value is -3.84. The zero-order chi connectivity index (χ0) is 24.7. The van der Waals surface area contributed by atoms with Crippen molar-refractivity contribution in [2.45, 2.75) is 30.7 Å². The highest BCUT2D eigenvalue weighted by Crippen LogP contribution is 2.43. The topological polar surface area (TPSA) is 196 Å². The number of carbonyl (C=O) groups is 1. The van der Waals surface area contributed by atoms with Crippen LogP contribution >= 0.6 is 0 Å². The zero-order valence-corrected chi connectivity index (χ0v) is 17.5. The van der Waals surface area contributed by atoms with Gasteiger partial charge >= 0.3 is 5.97 Å². The van der Waals surface area contributed by atoms with E-state index in [2.05, 4.69) is 0 Å². The first-order valence-corrected chi connectivity index (χ1v) is 9.89. The molecule has 1 aliphatic rings. The quantitative estimate of drug-likeness (QED) is 0.292. The first-order valence-electron chi connectivity index (χ1n) is 9.89. The van der Waals surface area contributed by atoms with Gasteiger partial charge in [-0.2, -0.15) is 0 Å². The fraction of sp³-hybridized carbons (Fsp3) is 0.273. The summed E-state index contributed by atoms with van der Waals surface area (Å²) < 4.78 is 21.4. The third kappa shape index (κ3) is 3.88. The lowest BCUT2D eigenvalue weighted by Gasteiger charge is -2.38. The fourth-order valence-corrected chi connectivity index (χ4v) is 3.64. The van der Waals surface area contributed by atoms with E-state index >= 15 is 0 Å². The molecule has 1 aliphatic heterocycles. The second kappa shape index (κ2) is 8.83. The number of aliphatic carboxylic acids is 1. The molecule has 4 rings (SSSR count). The Morgan fingerprint density at radius 2 is 1.74 bits per heavy atom. The fourth-order valence-electron chi connectivity index (χ4n) is 3.64. The molecule has 0 amide bonds. The van der Waals surface area contributed by atoms with Crippen LogP contribution in [0.2, 0.25) is 0 Å². The molecule has 12 nitrogen and oxygen atoms in total. The van der Waals surface area contributed by atoms with Crippen molar-refractivity contribution < 1.29 is 54.1 Å². The van der Waals surface area contributed by atoms with E-state index in [-0.39, 0.29) is 39.5 Å². The third-order valence-corrected chi connectivity index (χ3v) is 5.34. The predicted octanol–water partition coefficient (Wildman–Crippen LogP) is 0.151. The second-order valence-electron chi connectivity index (χ2n) is 7.47. The van der Waals surface area contributed by atoms with Crippen LogP contribution < -0.4 is 14.9 Å². The molecular weight excluding hydrogens is 456 g/mol. The Morgan fingerprint density at radius 3 is 2.38 bits per heavy atom. The molecule has 12 heteroatoms. The minimum atomic E-state index is -1.93. The molecule has 0 radical (unpaired) electrons. The van der Waals surface area contributed by atoms with Gasteiger partial charge in [0.15, 0.2) is 23.0 Å². The molecule has 0 bridgehead atoms. The van der Waals surface area contributed by atoms with Crippen LogP contribution in [0.4, 0.5) is 0 Å². The van der Waals surface area contributed by atoms with Crippen LogP contribution in [-0.2, 0) is 9.53 Å². The SMILES string of the molecule is COc1c(O[C@H]2O[C@H](C(=O)O)[C@@H](O)[C@H](O)[C@H]2O)cc2oc(-c3ccccc3O)cc(=O)c2c1O. The summed E-state index contributed by atoms with van der Waals surface area (Å²) in [7, 11) is 1.16. The lowest BCUT2D eigenvalue weighted by Crippen LogP contribution is -2.61. The average Bonchev–Trinajstić information content (AvgIpc) is 2.79. The average molecular weight is 476 g/mol. The summed E-state index contributed by atoms with van der Waals surface area (Å²) in [6.07, 6.45) is -9.47. The van der Waals surface area contributed by atoms with Crippen LogP contribution in [0.25, 0.3) is 22.3 Å². The van der Waals surface area contributed by atoms with E-state index in [1.807, 2.05) is 0 Å². The number of fused-ring (bicyclic) bond motifs is 1. The first-order chi connectivity index (χ1) is 16.1. The van der Waals surface area contributed by atoms with Gasteiger partial charge in [0.25, 0.3) is 0 Å². The van der Waals surface area contributed by atoms with E-state index in [1.54, 1.807) is 12.1 Å². The van der Waals surface area contributed by atoms with Gasteiger partial charge in [-0.1, -0.05) is 12.1 Å². The highest BCUT2D eigenvalue weighted by atomic mass is 16.7. The van der Waals surface area contributed by atoms with Crippen molar-refractivity contribution in [1.29, 1.82) is 0 Å². The maximum atomic E-state index is 12.7. The van der Waals surface area contributed by atoms with Crippen molar-refractivity contribution in [1.82, 2.24) is 0 Å². The van der Waals surface area contributed by atoms with Gasteiger partial charge in [0.05, 0.1) is 12.7 Å². The summed E-state index contributed by atoms with van der Waals surface area (Å²) in [5, 5.41) is 59.7. The molecule has 5 atom stereocenters. The Labute approximate surface area is 190 Å². The molecule has 3 aromatic rings. The number of benzene rings is 2. The van der Waals surface area contributed by atoms with Gasteiger partial charge in [0.1, 0.15) is 40.8 Å². The highest BCUT2D eigenvalue weighted by molar-refractivity contribution is 5.89. The number of aliphatic hydroxyl groups excluding tert-OH is 3. The Bertz CT molecular complexity index is 1300. The van der Waals surface area contributed by atoms with Crippen LogP contribution in [0.15, 0.2) is 45.6 Å². The van der Waals surface area contributed by atoms with Crippen LogP contribution in [-0.4, -0.2) is 74.4 Å². The largest absolute Gasteiger partial charge is 0.507 e. The van der Waals surface area contributed by atoms with Gasteiger partial charge in [-0.25, -0.2) is 4.79 Å². The number of para-hydroxylation sites is 1. The molecule has 1 aromatic heterocycles. The maximum absolute atomic E-state index is 12.7.